The minimum absolute atomic E-state index is 0.862. The van der Waals surface area contributed by atoms with E-state index < -0.39 is 0 Å². The van der Waals surface area contributed by atoms with Crippen molar-refractivity contribution in [3.63, 3.8) is 0 Å². The number of fused-ring (bicyclic) bond motifs is 3. The molecule has 0 saturated heterocycles. The summed E-state index contributed by atoms with van der Waals surface area (Å²) in [6, 6.07) is 44.1. The average Bonchev–Trinajstić information content (AvgIpc) is 3.01. The Labute approximate surface area is 221 Å². The lowest BCUT2D eigenvalue weighted by Gasteiger charge is -2.15. The van der Waals surface area contributed by atoms with Crippen LogP contribution in [0.15, 0.2) is 140 Å². The molecular formula is C35H23N3. The lowest BCUT2D eigenvalue weighted by atomic mass is 9.92. The van der Waals surface area contributed by atoms with Crippen LogP contribution in [-0.4, -0.2) is 15.0 Å². The summed E-state index contributed by atoms with van der Waals surface area (Å²) in [6.07, 6.45) is 3.72. The highest BCUT2D eigenvalue weighted by molar-refractivity contribution is 6.17. The molecule has 0 atom stereocenters. The van der Waals surface area contributed by atoms with E-state index in [-0.39, 0.29) is 0 Å². The van der Waals surface area contributed by atoms with E-state index in [2.05, 4.69) is 102 Å². The first-order valence-corrected chi connectivity index (χ1v) is 12.7. The molecule has 3 nitrogen and oxygen atoms in total. The molecule has 0 amide bonds. The van der Waals surface area contributed by atoms with Gasteiger partial charge in [-0.1, -0.05) is 97.1 Å². The molecule has 0 bridgehead atoms. The van der Waals surface area contributed by atoms with Crippen LogP contribution in [0.2, 0.25) is 0 Å². The fraction of sp³-hybridized carbons (Fsp3) is 0. The van der Waals surface area contributed by atoms with Crippen LogP contribution < -0.4 is 0 Å². The number of aromatic nitrogens is 3. The molecule has 3 heterocycles. The van der Waals surface area contributed by atoms with Crippen LogP contribution in [0.1, 0.15) is 0 Å². The molecule has 0 aliphatic rings. The molecule has 0 aliphatic heterocycles. The summed E-state index contributed by atoms with van der Waals surface area (Å²) in [7, 11) is 0. The van der Waals surface area contributed by atoms with Gasteiger partial charge in [0.25, 0.3) is 0 Å². The topological polar surface area (TPSA) is 38.7 Å². The van der Waals surface area contributed by atoms with Crippen LogP contribution in [0.4, 0.5) is 0 Å². The van der Waals surface area contributed by atoms with Gasteiger partial charge in [0.2, 0.25) is 0 Å². The largest absolute Gasteiger partial charge is 0.255 e. The minimum atomic E-state index is 0.862. The van der Waals surface area contributed by atoms with Crippen molar-refractivity contribution in [2.45, 2.75) is 0 Å². The quantitative estimate of drug-likeness (QED) is 0.234. The van der Waals surface area contributed by atoms with E-state index in [1.165, 1.54) is 16.5 Å². The molecule has 7 rings (SSSR count). The van der Waals surface area contributed by atoms with E-state index in [9.17, 15) is 0 Å². The summed E-state index contributed by atoms with van der Waals surface area (Å²) in [6.45, 7) is 0. The van der Waals surface area contributed by atoms with Crippen LogP contribution in [0.5, 0.6) is 0 Å². The normalized spacial score (nSPS) is 11.2. The van der Waals surface area contributed by atoms with E-state index in [1.54, 1.807) is 6.20 Å². The maximum atomic E-state index is 5.17. The zero-order chi connectivity index (χ0) is 25.3. The van der Waals surface area contributed by atoms with Crippen molar-refractivity contribution in [2.24, 2.45) is 0 Å². The van der Waals surface area contributed by atoms with Crippen molar-refractivity contribution in [3.05, 3.63) is 140 Å². The fourth-order valence-corrected chi connectivity index (χ4v) is 5.14. The molecule has 0 N–H and O–H groups in total. The van der Waals surface area contributed by atoms with Crippen LogP contribution in [0.3, 0.4) is 0 Å². The zero-order valence-electron chi connectivity index (χ0n) is 20.6. The highest BCUT2D eigenvalue weighted by Crippen LogP contribution is 2.39. The molecule has 0 radical (unpaired) electrons. The molecule has 38 heavy (non-hydrogen) atoms. The van der Waals surface area contributed by atoms with E-state index >= 15 is 0 Å². The van der Waals surface area contributed by atoms with Gasteiger partial charge in [-0.15, -0.1) is 0 Å². The Hall–Kier alpha value is -5.15. The lowest BCUT2D eigenvalue weighted by molar-refractivity contribution is 1.25. The van der Waals surface area contributed by atoms with Crippen molar-refractivity contribution in [1.82, 2.24) is 15.0 Å². The van der Waals surface area contributed by atoms with Gasteiger partial charge in [0.15, 0.2) is 0 Å². The third-order valence-corrected chi connectivity index (χ3v) is 6.97. The van der Waals surface area contributed by atoms with Crippen molar-refractivity contribution in [1.29, 1.82) is 0 Å². The van der Waals surface area contributed by atoms with Gasteiger partial charge in [-0.25, -0.2) is 4.98 Å². The van der Waals surface area contributed by atoms with E-state index in [1.807, 2.05) is 36.5 Å². The third-order valence-electron chi connectivity index (χ3n) is 6.97. The third kappa shape index (κ3) is 3.91. The number of benzene rings is 4. The molecule has 3 heteroatoms. The van der Waals surface area contributed by atoms with Crippen LogP contribution in [-0.2, 0) is 0 Å². The van der Waals surface area contributed by atoms with Gasteiger partial charge in [-0.2, -0.15) is 0 Å². The highest BCUT2D eigenvalue weighted by atomic mass is 14.8. The van der Waals surface area contributed by atoms with Crippen LogP contribution >= 0.6 is 0 Å². The molecule has 3 aromatic heterocycles. The summed E-state index contributed by atoms with van der Waals surface area (Å²) >= 11 is 0. The molecular weight excluding hydrogens is 462 g/mol. The Morgan fingerprint density at radius 1 is 0.447 bits per heavy atom. The van der Waals surface area contributed by atoms with Crippen LogP contribution in [0.25, 0.3) is 66.6 Å². The standard InChI is InChI=1S/C35H23N3/c1-3-10-24(11-4-1)28-14-9-15-29-34(28)30-22-26(17-19-31(30)38-35(29)25-12-5-2-6-13-25)27-18-20-33(37-23-27)32-16-7-8-21-36-32/h1-23H. The zero-order valence-corrected chi connectivity index (χ0v) is 20.6. The molecule has 0 unspecified atom stereocenters. The molecule has 7 aromatic rings. The second-order valence-electron chi connectivity index (χ2n) is 9.30. The molecule has 0 fully saturated rings. The number of hydrogen-bond donors (Lipinski definition) is 0. The van der Waals surface area contributed by atoms with Gasteiger partial charge in [-0.3, -0.25) is 9.97 Å². The first kappa shape index (κ1) is 22.1. The van der Waals surface area contributed by atoms with Crippen molar-refractivity contribution < 1.29 is 0 Å². The summed E-state index contributed by atoms with van der Waals surface area (Å²) < 4.78 is 0. The predicted molar refractivity (Wildman–Crippen MR) is 157 cm³/mol. The Morgan fingerprint density at radius 3 is 1.92 bits per heavy atom. The fourth-order valence-electron chi connectivity index (χ4n) is 5.14. The Balaban J connectivity index is 1.46. The van der Waals surface area contributed by atoms with E-state index in [0.29, 0.717) is 0 Å². The summed E-state index contributed by atoms with van der Waals surface area (Å²) in [5.74, 6) is 0. The molecule has 4 aromatic carbocycles. The number of rotatable bonds is 4. The average molecular weight is 486 g/mol. The molecule has 0 spiro atoms. The van der Waals surface area contributed by atoms with Gasteiger partial charge in [0.05, 0.1) is 22.6 Å². The van der Waals surface area contributed by atoms with Crippen LogP contribution in [0, 0.1) is 0 Å². The number of hydrogen-bond acceptors (Lipinski definition) is 3. The van der Waals surface area contributed by atoms with Gasteiger partial charge >= 0.3 is 0 Å². The summed E-state index contributed by atoms with van der Waals surface area (Å²) in [5.41, 5.74) is 9.38. The number of nitrogens with zero attached hydrogens (tertiary/aromatic N) is 3. The van der Waals surface area contributed by atoms with E-state index in [4.69, 9.17) is 9.97 Å². The first-order valence-electron chi connectivity index (χ1n) is 12.7. The second kappa shape index (κ2) is 9.38. The summed E-state index contributed by atoms with van der Waals surface area (Å²) in [5, 5.41) is 3.48. The van der Waals surface area contributed by atoms with Gasteiger partial charge in [0, 0.05) is 39.7 Å². The van der Waals surface area contributed by atoms with Crippen molar-refractivity contribution in [3.8, 4) is 44.9 Å². The second-order valence-corrected chi connectivity index (χ2v) is 9.30. The lowest BCUT2D eigenvalue weighted by Crippen LogP contribution is -1.93. The smallest absolute Gasteiger partial charge is 0.0886 e. The molecule has 0 aliphatic carbocycles. The van der Waals surface area contributed by atoms with E-state index in [0.717, 1.165) is 50.1 Å². The van der Waals surface area contributed by atoms with Crippen molar-refractivity contribution in [2.75, 3.05) is 0 Å². The Morgan fingerprint density at radius 2 is 1.18 bits per heavy atom. The maximum absolute atomic E-state index is 5.17. The minimum Gasteiger partial charge on any atom is -0.255 e. The van der Waals surface area contributed by atoms with Gasteiger partial charge in [0.1, 0.15) is 0 Å². The predicted octanol–water partition coefficient (Wildman–Crippen LogP) is 8.85. The maximum Gasteiger partial charge on any atom is 0.0886 e. The monoisotopic (exact) mass is 485 g/mol. The Bertz CT molecular complexity index is 1880. The van der Waals surface area contributed by atoms with Gasteiger partial charge < -0.3 is 0 Å². The molecule has 0 saturated carbocycles. The highest BCUT2D eigenvalue weighted by Gasteiger charge is 2.15. The first-order chi connectivity index (χ1) is 18.8. The van der Waals surface area contributed by atoms with Gasteiger partial charge in [-0.05, 0) is 47.0 Å². The summed E-state index contributed by atoms with van der Waals surface area (Å²) in [4.78, 5) is 14.3. The Kier molecular flexibility index (Phi) is 5.45. The number of pyridine rings is 3. The van der Waals surface area contributed by atoms with Crippen molar-refractivity contribution >= 4 is 21.7 Å². The SMILES string of the molecule is c1ccc(-c2nc3ccc(-c4ccc(-c5ccccn5)nc4)cc3c3c(-c4ccccc4)cccc23)cc1. The molecule has 178 valence electrons.